The quantitative estimate of drug-likeness (QED) is 0.813. The van der Waals surface area contributed by atoms with Gasteiger partial charge in [0.1, 0.15) is 0 Å². The van der Waals surface area contributed by atoms with Gasteiger partial charge in [0, 0.05) is 40.5 Å². The molecular formula is C10H16N8. The molecule has 8 heteroatoms. The minimum atomic E-state index is 0.455. The van der Waals surface area contributed by atoms with Crippen molar-refractivity contribution in [3.05, 3.63) is 12.3 Å². The van der Waals surface area contributed by atoms with E-state index in [4.69, 9.17) is 0 Å². The molecule has 0 saturated carbocycles. The Balaban J connectivity index is 2.29. The second-order valence-electron chi connectivity index (χ2n) is 3.93. The number of anilines is 4. The zero-order valence-corrected chi connectivity index (χ0v) is 10.8. The highest BCUT2D eigenvalue weighted by Gasteiger charge is 2.08. The van der Waals surface area contributed by atoms with E-state index in [1.54, 1.807) is 11.7 Å². The summed E-state index contributed by atoms with van der Waals surface area (Å²) in [6.07, 6.45) is 1.84. The maximum atomic E-state index is 4.29. The molecule has 18 heavy (non-hydrogen) atoms. The molecule has 0 saturated heterocycles. The topological polar surface area (TPSA) is 83.8 Å². The Hall–Kier alpha value is -2.38. The molecular weight excluding hydrogens is 232 g/mol. The van der Waals surface area contributed by atoms with Crippen LogP contribution in [-0.4, -0.2) is 45.9 Å². The number of aromatic nitrogens is 5. The third-order valence-electron chi connectivity index (χ3n) is 2.20. The smallest absolute Gasteiger partial charge is 0.235 e. The SMILES string of the molecule is CNc1nc(Nc2ccn(C)n2)nc(N(C)C)n1. The second-order valence-corrected chi connectivity index (χ2v) is 3.93. The average Bonchev–Trinajstić information content (AvgIpc) is 2.74. The van der Waals surface area contributed by atoms with Crippen LogP contribution in [0.15, 0.2) is 12.3 Å². The van der Waals surface area contributed by atoms with Gasteiger partial charge < -0.3 is 15.5 Å². The summed E-state index contributed by atoms with van der Waals surface area (Å²) in [6.45, 7) is 0. The van der Waals surface area contributed by atoms with Gasteiger partial charge in [0.15, 0.2) is 5.82 Å². The number of hydrogen-bond acceptors (Lipinski definition) is 7. The third-order valence-corrected chi connectivity index (χ3v) is 2.20. The van der Waals surface area contributed by atoms with Crippen molar-refractivity contribution in [3.63, 3.8) is 0 Å². The molecule has 0 aliphatic carbocycles. The molecule has 96 valence electrons. The van der Waals surface area contributed by atoms with Crippen LogP contribution in [0.25, 0.3) is 0 Å². The van der Waals surface area contributed by atoms with Gasteiger partial charge >= 0.3 is 0 Å². The van der Waals surface area contributed by atoms with Crippen molar-refractivity contribution in [2.24, 2.45) is 7.05 Å². The predicted octanol–water partition coefficient (Wildman–Crippen LogP) is 0.456. The largest absolute Gasteiger partial charge is 0.357 e. The zero-order chi connectivity index (χ0) is 13.1. The lowest BCUT2D eigenvalue weighted by atomic mass is 10.6. The molecule has 2 rings (SSSR count). The Morgan fingerprint density at radius 3 is 2.44 bits per heavy atom. The first-order valence-electron chi connectivity index (χ1n) is 5.46. The Bertz CT molecular complexity index is 532. The molecule has 0 unspecified atom stereocenters. The molecule has 2 aromatic rings. The summed E-state index contributed by atoms with van der Waals surface area (Å²) < 4.78 is 1.70. The van der Waals surface area contributed by atoms with Crippen LogP contribution in [0.2, 0.25) is 0 Å². The summed E-state index contributed by atoms with van der Waals surface area (Å²) in [5.74, 6) is 2.23. The van der Waals surface area contributed by atoms with Gasteiger partial charge in [-0.3, -0.25) is 4.68 Å². The minimum Gasteiger partial charge on any atom is -0.357 e. The van der Waals surface area contributed by atoms with E-state index in [2.05, 4.69) is 30.7 Å². The summed E-state index contributed by atoms with van der Waals surface area (Å²) in [5, 5.41) is 10.1. The molecule has 2 aromatic heterocycles. The van der Waals surface area contributed by atoms with Gasteiger partial charge in [-0.1, -0.05) is 0 Å². The van der Waals surface area contributed by atoms with Crippen LogP contribution in [0.4, 0.5) is 23.7 Å². The van der Waals surface area contributed by atoms with E-state index in [0.717, 1.165) is 0 Å². The summed E-state index contributed by atoms with van der Waals surface area (Å²) in [6, 6.07) is 1.85. The van der Waals surface area contributed by atoms with Crippen LogP contribution in [-0.2, 0) is 7.05 Å². The number of nitrogens with one attached hydrogen (secondary N) is 2. The van der Waals surface area contributed by atoms with Gasteiger partial charge in [0.25, 0.3) is 0 Å². The summed E-state index contributed by atoms with van der Waals surface area (Å²) in [4.78, 5) is 14.5. The maximum Gasteiger partial charge on any atom is 0.235 e. The Labute approximate surface area is 105 Å². The van der Waals surface area contributed by atoms with Crippen LogP contribution in [0.1, 0.15) is 0 Å². The lowest BCUT2D eigenvalue weighted by Crippen LogP contribution is -2.15. The highest BCUT2D eigenvalue weighted by Crippen LogP contribution is 2.14. The van der Waals surface area contributed by atoms with Crippen LogP contribution in [0.5, 0.6) is 0 Å². The minimum absolute atomic E-state index is 0.455. The fourth-order valence-electron chi connectivity index (χ4n) is 1.33. The second kappa shape index (κ2) is 4.86. The fraction of sp³-hybridized carbons (Fsp3) is 0.400. The van der Waals surface area contributed by atoms with Crippen molar-refractivity contribution in [2.45, 2.75) is 0 Å². The van der Waals surface area contributed by atoms with E-state index in [1.165, 1.54) is 0 Å². The molecule has 0 amide bonds. The molecule has 0 aromatic carbocycles. The summed E-state index contributed by atoms with van der Waals surface area (Å²) in [5.41, 5.74) is 0. The normalized spacial score (nSPS) is 10.2. The van der Waals surface area contributed by atoms with Crippen LogP contribution in [0.3, 0.4) is 0 Å². The van der Waals surface area contributed by atoms with Crippen molar-refractivity contribution in [1.29, 1.82) is 0 Å². The standard InChI is InChI=1S/C10H16N8/c1-11-8-13-9(15-10(14-8)17(2)3)12-7-5-6-18(4)16-7/h5-6H,1-4H3,(H2,11,12,13,14,15,16). The maximum absolute atomic E-state index is 4.29. The lowest BCUT2D eigenvalue weighted by molar-refractivity contribution is 0.770. The molecule has 0 aliphatic heterocycles. The molecule has 2 N–H and O–H groups in total. The molecule has 0 spiro atoms. The zero-order valence-electron chi connectivity index (χ0n) is 10.8. The summed E-state index contributed by atoms with van der Waals surface area (Å²) >= 11 is 0. The van der Waals surface area contributed by atoms with Gasteiger partial charge in [0.05, 0.1) is 0 Å². The van der Waals surface area contributed by atoms with Gasteiger partial charge in [-0.15, -0.1) is 0 Å². The van der Waals surface area contributed by atoms with Crippen LogP contribution < -0.4 is 15.5 Å². The molecule has 0 aliphatic rings. The molecule has 2 heterocycles. The molecule has 0 bridgehead atoms. The fourth-order valence-corrected chi connectivity index (χ4v) is 1.33. The third kappa shape index (κ3) is 2.65. The first-order valence-corrected chi connectivity index (χ1v) is 5.46. The Morgan fingerprint density at radius 2 is 1.89 bits per heavy atom. The van der Waals surface area contributed by atoms with Crippen molar-refractivity contribution in [1.82, 2.24) is 24.7 Å². The van der Waals surface area contributed by atoms with E-state index in [0.29, 0.717) is 23.7 Å². The number of nitrogens with zero attached hydrogens (tertiary/aromatic N) is 6. The van der Waals surface area contributed by atoms with E-state index >= 15 is 0 Å². The monoisotopic (exact) mass is 248 g/mol. The number of hydrogen-bond donors (Lipinski definition) is 2. The highest BCUT2D eigenvalue weighted by atomic mass is 15.3. The molecule has 0 radical (unpaired) electrons. The highest BCUT2D eigenvalue weighted by molar-refractivity contribution is 5.51. The van der Waals surface area contributed by atoms with Crippen molar-refractivity contribution in [3.8, 4) is 0 Å². The molecule has 0 atom stereocenters. The first-order chi connectivity index (χ1) is 8.58. The number of aryl methyl sites for hydroxylation is 1. The van der Waals surface area contributed by atoms with Gasteiger partial charge in [-0.2, -0.15) is 20.1 Å². The van der Waals surface area contributed by atoms with Gasteiger partial charge in [-0.25, -0.2) is 0 Å². The molecule has 0 fully saturated rings. The van der Waals surface area contributed by atoms with E-state index in [-0.39, 0.29) is 0 Å². The van der Waals surface area contributed by atoms with E-state index < -0.39 is 0 Å². The molecule has 8 nitrogen and oxygen atoms in total. The lowest BCUT2D eigenvalue weighted by Gasteiger charge is -2.12. The number of rotatable bonds is 4. The predicted molar refractivity (Wildman–Crippen MR) is 70.2 cm³/mol. The average molecular weight is 248 g/mol. The van der Waals surface area contributed by atoms with E-state index in [1.807, 2.05) is 38.3 Å². The van der Waals surface area contributed by atoms with Crippen LogP contribution in [0, 0.1) is 0 Å². The van der Waals surface area contributed by atoms with E-state index in [9.17, 15) is 0 Å². The van der Waals surface area contributed by atoms with Gasteiger partial charge in [-0.05, 0) is 0 Å². The van der Waals surface area contributed by atoms with Gasteiger partial charge in [0.2, 0.25) is 17.8 Å². The summed E-state index contributed by atoms with van der Waals surface area (Å²) in [7, 11) is 7.36. The van der Waals surface area contributed by atoms with Crippen LogP contribution >= 0.6 is 0 Å². The Morgan fingerprint density at radius 1 is 1.17 bits per heavy atom. The van der Waals surface area contributed by atoms with Crippen molar-refractivity contribution < 1.29 is 0 Å². The Kier molecular flexibility index (Phi) is 3.26. The van der Waals surface area contributed by atoms with Crippen molar-refractivity contribution >= 4 is 23.7 Å². The first kappa shape index (κ1) is 12.1. The van der Waals surface area contributed by atoms with Crippen molar-refractivity contribution in [2.75, 3.05) is 36.7 Å².